The van der Waals surface area contributed by atoms with Gasteiger partial charge in [0.05, 0.1) is 5.88 Å². The van der Waals surface area contributed by atoms with Gasteiger partial charge in [0, 0.05) is 15.7 Å². The molecule has 0 spiro atoms. The Labute approximate surface area is 102 Å². The summed E-state index contributed by atoms with van der Waals surface area (Å²) in [5.41, 5.74) is 0. The number of benzene rings is 1. The first-order valence-corrected chi connectivity index (χ1v) is 7.10. The van der Waals surface area contributed by atoms with E-state index in [1.54, 1.807) is 0 Å². The largest absolute Gasteiger partial charge is 0.491 e. The van der Waals surface area contributed by atoms with Crippen molar-refractivity contribution in [3.05, 3.63) is 23.2 Å². The third-order valence-corrected chi connectivity index (χ3v) is 3.24. The highest BCUT2D eigenvalue weighted by atomic mass is 35.7. The molecule has 0 aliphatic rings. The Kier molecular flexibility index (Phi) is 4.52. The van der Waals surface area contributed by atoms with E-state index < -0.39 is 9.05 Å². The average molecular weight is 290 g/mol. The van der Waals surface area contributed by atoms with E-state index in [9.17, 15) is 8.42 Å². The van der Waals surface area contributed by atoms with Gasteiger partial charge in [-0.2, -0.15) is 0 Å². The normalized spacial score (nSPS) is 11.4. The molecule has 0 bridgehead atoms. The van der Waals surface area contributed by atoms with Gasteiger partial charge in [-0.1, -0.05) is 11.6 Å². The van der Waals surface area contributed by atoms with Gasteiger partial charge in [-0.05, 0) is 18.2 Å². The first-order valence-electron chi connectivity index (χ1n) is 3.88. The van der Waals surface area contributed by atoms with Crippen LogP contribution in [0.4, 0.5) is 0 Å². The monoisotopic (exact) mass is 288 g/mol. The van der Waals surface area contributed by atoms with Gasteiger partial charge in [0.25, 0.3) is 9.05 Å². The first kappa shape index (κ1) is 12.9. The Morgan fingerprint density at radius 1 is 1.33 bits per heavy atom. The number of ether oxygens (including phenoxy) is 1. The van der Waals surface area contributed by atoms with Crippen LogP contribution in [0.2, 0.25) is 5.02 Å². The number of halogens is 3. The summed E-state index contributed by atoms with van der Waals surface area (Å²) in [7, 11) is 1.35. The Bertz CT molecular complexity index is 444. The Balaban J connectivity index is 3.15. The Hall–Kier alpha value is -0.160. The molecule has 0 aliphatic heterocycles. The van der Waals surface area contributed by atoms with Crippen molar-refractivity contribution in [1.29, 1.82) is 0 Å². The predicted octanol–water partition coefficient (Wildman–Crippen LogP) is 2.89. The van der Waals surface area contributed by atoms with Crippen LogP contribution in [-0.2, 0) is 9.05 Å². The molecule has 0 atom stereocenters. The molecule has 3 nitrogen and oxygen atoms in total. The molecule has 7 heteroatoms. The van der Waals surface area contributed by atoms with Crippen molar-refractivity contribution in [3.63, 3.8) is 0 Å². The van der Waals surface area contributed by atoms with Crippen LogP contribution in [0.25, 0.3) is 0 Å². The Morgan fingerprint density at radius 3 is 2.53 bits per heavy atom. The fourth-order valence-electron chi connectivity index (χ4n) is 0.940. The van der Waals surface area contributed by atoms with Crippen molar-refractivity contribution in [2.24, 2.45) is 0 Å². The van der Waals surface area contributed by atoms with Crippen molar-refractivity contribution in [1.82, 2.24) is 0 Å². The molecule has 1 aromatic rings. The molecule has 0 saturated carbocycles. The zero-order valence-corrected chi connectivity index (χ0v) is 10.5. The van der Waals surface area contributed by atoms with Crippen LogP contribution in [0, 0.1) is 0 Å². The minimum Gasteiger partial charge on any atom is -0.491 e. The summed E-state index contributed by atoms with van der Waals surface area (Å²) in [6, 6.07) is 4.17. The molecule has 1 rings (SSSR count). The van der Waals surface area contributed by atoms with Crippen molar-refractivity contribution in [3.8, 4) is 5.75 Å². The van der Waals surface area contributed by atoms with E-state index in [1.165, 1.54) is 18.2 Å². The molecule has 0 amide bonds. The molecule has 0 saturated heterocycles. The summed E-state index contributed by atoms with van der Waals surface area (Å²) in [4.78, 5) is -0.151. The highest BCUT2D eigenvalue weighted by Gasteiger charge is 2.17. The van der Waals surface area contributed by atoms with Crippen LogP contribution < -0.4 is 4.74 Å². The van der Waals surface area contributed by atoms with Crippen molar-refractivity contribution in [2.75, 3.05) is 12.5 Å². The highest BCUT2D eigenvalue weighted by molar-refractivity contribution is 8.13. The highest BCUT2D eigenvalue weighted by Crippen LogP contribution is 2.29. The lowest BCUT2D eigenvalue weighted by molar-refractivity contribution is 0.334. The van der Waals surface area contributed by atoms with E-state index in [0.717, 1.165) is 0 Å². The maximum atomic E-state index is 11.2. The van der Waals surface area contributed by atoms with Gasteiger partial charge in [0.2, 0.25) is 0 Å². The maximum absolute atomic E-state index is 11.2. The molecular weight excluding hydrogens is 283 g/mol. The molecule has 84 valence electrons. The van der Waals surface area contributed by atoms with Gasteiger partial charge < -0.3 is 4.74 Å². The van der Waals surface area contributed by atoms with Crippen LogP contribution in [0.3, 0.4) is 0 Å². The molecule has 0 radical (unpaired) electrons. The molecule has 0 fully saturated rings. The number of hydrogen-bond acceptors (Lipinski definition) is 3. The zero-order valence-electron chi connectivity index (χ0n) is 7.41. The van der Waals surface area contributed by atoms with Crippen LogP contribution >= 0.6 is 33.9 Å². The SMILES string of the molecule is O=S(=O)(Cl)c1cc(Cl)ccc1OCCCl. The van der Waals surface area contributed by atoms with E-state index in [2.05, 4.69) is 0 Å². The van der Waals surface area contributed by atoms with Crippen LogP contribution in [0.5, 0.6) is 5.75 Å². The second kappa shape index (κ2) is 5.25. The summed E-state index contributed by atoms with van der Waals surface area (Å²) < 4.78 is 27.4. The van der Waals surface area contributed by atoms with Crippen molar-refractivity contribution in [2.45, 2.75) is 4.90 Å². The summed E-state index contributed by atoms with van der Waals surface area (Å²) in [5.74, 6) is 0.403. The van der Waals surface area contributed by atoms with Crippen LogP contribution in [0.1, 0.15) is 0 Å². The fraction of sp³-hybridized carbons (Fsp3) is 0.250. The van der Waals surface area contributed by atoms with E-state index in [0.29, 0.717) is 0 Å². The molecular formula is C8H7Cl3O3S. The van der Waals surface area contributed by atoms with Crippen molar-refractivity contribution < 1.29 is 13.2 Å². The van der Waals surface area contributed by atoms with E-state index in [4.69, 9.17) is 38.6 Å². The topological polar surface area (TPSA) is 43.4 Å². The van der Waals surface area contributed by atoms with Crippen LogP contribution in [-0.4, -0.2) is 20.9 Å². The number of rotatable bonds is 4. The van der Waals surface area contributed by atoms with E-state index >= 15 is 0 Å². The quantitative estimate of drug-likeness (QED) is 0.632. The lowest BCUT2D eigenvalue weighted by Gasteiger charge is -2.08. The second-order valence-corrected chi connectivity index (χ2v) is 5.92. The smallest absolute Gasteiger partial charge is 0.265 e. The first-order chi connectivity index (χ1) is 6.95. The minimum absolute atomic E-state index is 0.148. The molecule has 0 unspecified atom stereocenters. The third-order valence-electron chi connectivity index (χ3n) is 1.50. The number of hydrogen-bond donors (Lipinski definition) is 0. The molecule has 0 aromatic heterocycles. The molecule has 15 heavy (non-hydrogen) atoms. The predicted molar refractivity (Wildman–Crippen MR) is 60.7 cm³/mol. The standard InChI is InChI=1S/C8H7Cl3O3S/c9-3-4-14-7-2-1-6(10)5-8(7)15(11,12)13/h1-2,5H,3-4H2. The third kappa shape index (κ3) is 3.72. The minimum atomic E-state index is -3.87. The van der Waals surface area contributed by atoms with Gasteiger partial charge in [0.1, 0.15) is 17.3 Å². The lowest BCUT2D eigenvalue weighted by atomic mass is 10.3. The van der Waals surface area contributed by atoms with Gasteiger partial charge in [-0.15, -0.1) is 11.6 Å². The lowest BCUT2D eigenvalue weighted by Crippen LogP contribution is -2.02. The summed E-state index contributed by atoms with van der Waals surface area (Å²) >= 11 is 11.1. The van der Waals surface area contributed by atoms with E-state index in [1.807, 2.05) is 0 Å². The zero-order chi connectivity index (χ0) is 11.5. The van der Waals surface area contributed by atoms with Gasteiger partial charge in [0.15, 0.2) is 0 Å². The number of alkyl halides is 1. The fourth-order valence-corrected chi connectivity index (χ4v) is 2.25. The van der Waals surface area contributed by atoms with Crippen molar-refractivity contribution >= 4 is 42.9 Å². The van der Waals surface area contributed by atoms with Gasteiger partial charge in [-0.3, -0.25) is 0 Å². The summed E-state index contributed by atoms with van der Waals surface area (Å²) in [6.07, 6.45) is 0. The molecule has 1 aromatic carbocycles. The molecule has 0 aliphatic carbocycles. The molecule has 0 N–H and O–H groups in total. The average Bonchev–Trinajstić information content (AvgIpc) is 2.14. The summed E-state index contributed by atoms with van der Waals surface area (Å²) in [5, 5.41) is 0.271. The van der Waals surface area contributed by atoms with Gasteiger partial charge >= 0.3 is 0 Å². The van der Waals surface area contributed by atoms with Gasteiger partial charge in [-0.25, -0.2) is 8.42 Å². The summed E-state index contributed by atoms with van der Waals surface area (Å²) in [6.45, 7) is 0.197. The van der Waals surface area contributed by atoms with E-state index in [-0.39, 0.29) is 28.2 Å². The van der Waals surface area contributed by atoms with Crippen LogP contribution in [0.15, 0.2) is 23.1 Å². The molecule has 0 heterocycles. The second-order valence-electron chi connectivity index (χ2n) is 2.57. The maximum Gasteiger partial charge on any atom is 0.265 e. The Morgan fingerprint density at radius 2 is 2.00 bits per heavy atom.